The lowest BCUT2D eigenvalue weighted by atomic mass is 10.1. The van der Waals surface area contributed by atoms with Gasteiger partial charge in [-0.25, -0.2) is 8.78 Å². The van der Waals surface area contributed by atoms with E-state index in [2.05, 4.69) is 4.98 Å². The first-order valence-electron chi connectivity index (χ1n) is 3.13. The van der Waals surface area contributed by atoms with Gasteiger partial charge in [0.25, 0.3) is 6.43 Å². The Morgan fingerprint density at radius 3 is 2.42 bits per heavy atom. The number of hydrogen-bond donors (Lipinski definition) is 0. The topological polar surface area (TPSA) is 12.9 Å². The van der Waals surface area contributed by atoms with E-state index in [0.717, 1.165) is 6.92 Å². The molecule has 1 nitrogen and oxygen atoms in total. The predicted molar refractivity (Wildman–Crippen MR) is 33.8 cm³/mol. The van der Waals surface area contributed by atoms with Crippen LogP contribution in [-0.4, -0.2) is 4.98 Å². The van der Waals surface area contributed by atoms with E-state index in [0.29, 0.717) is 6.07 Å². The van der Waals surface area contributed by atoms with E-state index >= 15 is 0 Å². The summed E-state index contributed by atoms with van der Waals surface area (Å²) >= 11 is 0. The summed E-state index contributed by atoms with van der Waals surface area (Å²) in [6.45, 7) is 1.13. The van der Waals surface area contributed by atoms with Gasteiger partial charge in [0.05, 0.1) is 0 Å². The number of hydrogen-bond acceptors (Lipinski definition) is 1. The Morgan fingerprint density at radius 1 is 1.33 bits per heavy atom. The molecule has 12 heavy (non-hydrogen) atoms. The van der Waals surface area contributed by atoms with Crippen molar-refractivity contribution < 1.29 is 17.6 Å². The molecule has 0 aliphatic rings. The van der Waals surface area contributed by atoms with Crippen LogP contribution in [-0.2, 0) is 0 Å². The highest BCUT2D eigenvalue weighted by molar-refractivity contribution is 5.24. The van der Waals surface area contributed by atoms with Gasteiger partial charge in [-0.05, 0) is 6.92 Å². The summed E-state index contributed by atoms with van der Waals surface area (Å²) in [7, 11) is 0. The minimum atomic E-state index is -2.88. The molecule has 0 N–H and O–H groups in total. The zero-order valence-electron chi connectivity index (χ0n) is 6.11. The molecule has 0 saturated carbocycles. The van der Waals surface area contributed by atoms with E-state index in [1.165, 1.54) is 0 Å². The van der Waals surface area contributed by atoms with E-state index in [4.69, 9.17) is 0 Å². The molecule has 0 atom stereocenters. The average Bonchev–Trinajstić information content (AvgIpc) is 1.96. The maximum Gasteiger partial charge on any atom is 0.264 e. The highest BCUT2D eigenvalue weighted by atomic mass is 19.3. The van der Waals surface area contributed by atoms with E-state index in [1.807, 2.05) is 0 Å². The fraction of sp³-hybridized carbons (Fsp3) is 0.286. The lowest BCUT2D eigenvalue weighted by molar-refractivity contribution is 0.149. The van der Waals surface area contributed by atoms with Crippen LogP contribution in [0.4, 0.5) is 17.6 Å². The van der Waals surface area contributed by atoms with Gasteiger partial charge in [0.2, 0.25) is 11.9 Å². The first-order valence-corrected chi connectivity index (χ1v) is 3.13. The van der Waals surface area contributed by atoms with Gasteiger partial charge in [-0.1, -0.05) is 0 Å². The van der Waals surface area contributed by atoms with Crippen LogP contribution in [0.3, 0.4) is 0 Å². The molecule has 1 aromatic rings. The summed E-state index contributed by atoms with van der Waals surface area (Å²) in [5.74, 6) is -2.42. The van der Waals surface area contributed by atoms with Crippen LogP contribution in [0.1, 0.15) is 17.6 Å². The minimum Gasteiger partial charge on any atom is -0.205 e. The van der Waals surface area contributed by atoms with E-state index in [1.54, 1.807) is 0 Å². The zero-order valence-corrected chi connectivity index (χ0v) is 6.11. The second-order valence-corrected chi connectivity index (χ2v) is 2.25. The molecule has 0 radical (unpaired) electrons. The van der Waals surface area contributed by atoms with Crippen LogP contribution in [0, 0.1) is 18.8 Å². The molecule has 0 aliphatic carbocycles. The molecule has 1 rings (SSSR count). The van der Waals surface area contributed by atoms with Crippen molar-refractivity contribution in [2.75, 3.05) is 0 Å². The number of alkyl halides is 2. The number of aromatic nitrogens is 1. The Hall–Kier alpha value is -1.13. The molecule has 0 aliphatic heterocycles. The molecule has 0 amide bonds. The van der Waals surface area contributed by atoms with Crippen molar-refractivity contribution in [1.29, 1.82) is 0 Å². The molecular weight excluding hydrogens is 174 g/mol. The third-order valence-corrected chi connectivity index (χ3v) is 1.46. The standard InChI is InChI=1S/C7H5F4N/c1-3-4(6(9)10)2-5(8)12-7(3)11/h2,6H,1H3. The number of halogens is 4. The van der Waals surface area contributed by atoms with E-state index < -0.39 is 23.9 Å². The van der Waals surface area contributed by atoms with Crippen LogP contribution in [0.15, 0.2) is 6.07 Å². The largest absolute Gasteiger partial charge is 0.264 e. The minimum absolute atomic E-state index is 0.314. The lowest BCUT2D eigenvalue weighted by Gasteiger charge is -2.03. The maximum atomic E-state index is 12.5. The summed E-state index contributed by atoms with van der Waals surface area (Å²) in [6, 6.07) is 0.531. The van der Waals surface area contributed by atoms with E-state index in [9.17, 15) is 17.6 Å². The molecule has 0 saturated heterocycles. The summed E-state index contributed by atoms with van der Waals surface area (Å²) in [5.41, 5.74) is -0.966. The van der Waals surface area contributed by atoms with Gasteiger partial charge in [0.1, 0.15) is 0 Å². The molecule has 0 spiro atoms. The van der Waals surface area contributed by atoms with Crippen molar-refractivity contribution in [3.63, 3.8) is 0 Å². The number of nitrogens with zero attached hydrogens (tertiary/aromatic N) is 1. The van der Waals surface area contributed by atoms with Crippen LogP contribution in [0.25, 0.3) is 0 Å². The Labute approximate surface area is 66.0 Å². The molecule has 1 aromatic heterocycles. The fourth-order valence-electron chi connectivity index (χ4n) is 0.792. The van der Waals surface area contributed by atoms with Crippen LogP contribution in [0.5, 0.6) is 0 Å². The Kier molecular flexibility index (Phi) is 2.30. The Bertz CT molecular complexity index is 298. The second-order valence-electron chi connectivity index (χ2n) is 2.25. The van der Waals surface area contributed by atoms with Gasteiger partial charge in [-0.15, -0.1) is 0 Å². The first-order chi connectivity index (χ1) is 5.52. The summed E-state index contributed by atoms with van der Waals surface area (Å²) in [4.78, 5) is 2.75. The monoisotopic (exact) mass is 179 g/mol. The third kappa shape index (κ3) is 1.54. The van der Waals surface area contributed by atoms with Crippen molar-refractivity contribution in [1.82, 2.24) is 4.98 Å². The van der Waals surface area contributed by atoms with Gasteiger partial charge in [-0.2, -0.15) is 13.8 Å². The third-order valence-electron chi connectivity index (χ3n) is 1.46. The van der Waals surface area contributed by atoms with Gasteiger partial charge >= 0.3 is 0 Å². The van der Waals surface area contributed by atoms with Gasteiger partial charge in [-0.3, -0.25) is 0 Å². The zero-order chi connectivity index (χ0) is 9.30. The summed E-state index contributed by atoms with van der Waals surface area (Å²) in [6.07, 6.45) is -2.88. The van der Waals surface area contributed by atoms with Gasteiger partial charge in [0, 0.05) is 17.2 Å². The predicted octanol–water partition coefficient (Wildman–Crippen LogP) is 2.61. The van der Waals surface area contributed by atoms with Crippen molar-refractivity contribution in [3.8, 4) is 0 Å². The number of rotatable bonds is 1. The quantitative estimate of drug-likeness (QED) is 0.477. The van der Waals surface area contributed by atoms with Crippen molar-refractivity contribution in [2.24, 2.45) is 0 Å². The highest BCUT2D eigenvalue weighted by Gasteiger charge is 2.15. The maximum absolute atomic E-state index is 12.5. The summed E-state index contributed by atoms with van der Waals surface area (Å²) in [5, 5.41) is 0. The molecule has 5 heteroatoms. The Balaban J connectivity index is 3.28. The lowest BCUT2D eigenvalue weighted by Crippen LogP contribution is -1.99. The molecule has 1 heterocycles. The molecule has 0 unspecified atom stereocenters. The smallest absolute Gasteiger partial charge is 0.205 e. The molecule has 66 valence electrons. The normalized spacial score (nSPS) is 10.8. The van der Waals surface area contributed by atoms with Gasteiger partial charge in [0.15, 0.2) is 0 Å². The molecular formula is C7H5F4N. The van der Waals surface area contributed by atoms with Crippen LogP contribution < -0.4 is 0 Å². The van der Waals surface area contributed by atoms with Crippen molar-refractivity contribution in [2.45, 2.75) is 13.3 Å². The van der Waals surface area contributed by atoms with Crippen LogP contribution in [0.2, 0.25) is 0 Å². The van der Waals surface area contributed by atoms with E-state index in [-0.39, 0.29) is 5.56 Å². The fourth-order valence-corrected chi connectivity index (χ4v) is 0.792. The molecule has 0 fully saturated rings. The Morgan fingerprint density at radius 2 is 1.92 bits per heavy atom. The summed E-state index contributed by atoms with van der Waals surface area (Å²) < 4.78 is 48.9. The number of pyridine rings is 1. The average molecular weight is 179 g/mol. The molecule has 0 bridgehead atoms. The van der Waals surface area contributed by atoms with Gasteiger partial charge < -0.3 is 0 Å². The highest BCUT2D eigenvalue weighted by Crippen LogP contribution is 2.23. The van der Waals surface area contributed by atoms with Crippen LogP contribution >= 0.6 is 0 Å². The molecule has 0 aromatic carbocycles. The SMILES string of the molecule is Cc1c(C(F)F)cc(F)nc1F. The first kappa shape index (κ1) is 8.96. The second kappa shape index (κ2) is 3.08. The van der Waals surface area contributed by atoms with Crippen molar-refractivity contribution in [3.05, 3.63) is 29.1 Å². The van der Waals surface area contributed by atoms with Crippen molar-refractivity contribution >= 4 is 0 Å².